The summed E-state index contributed by atoms with van der Waals surface area (Å²) in [6.07, 6.45) is 8.95. The summed E-state index contributed by atoms with van der Waals surface area (Å²) in [7, 11) is 0. The van der Waals surface area contributed by atoms with E-state index >= 15 is 0 Å². The van der Waals surface area contributed by atoms with Crippen molar-refractivity contribution in [2.24, 2.45) is 0 Å². The van der Waals surface area contributed by atoms with Gasteiger partial charge in [-0.1, -0.05) is 57.6 Å². The van der Waals surface area contributed by atoms with Crippen LogP contribution in [0.25, 0.3) is 11.0 Å². The summed E-state index contributed by atoms with van der Waals surface area (Å²) < 4.78 is 3.82. The number of hydrogen-bond acceptors (Lipinski definition) is 1. The maximum absolute atomic E-state index is 12.5. The highest BCUT2D eigenvalue weighted by atomic mass is 16.1. The Hall–Kier alpha value is -1.51. The van der Waals surface area contributed by atoms with Crippen molar-refractivity contribution in [1.82, 2.24) is 9.13 Å². The molecule has 0 saturated heterocycles. The zero-order valence-corrected chi connectivity index (χ0v) is 13.5. The third-order valence-electron chi connectivity index (χ3n) is 4.23. The molecular formula is C18H28N2O. The van der Waals surface area contributed by atoms with Crippen molar-refractivity contribution in [3.8, 4) is 0 Å². The van der Waals surface area contributed by atoms with Crippen molar-refractivity contribution < 1.29 is 0 Å². The minimum Gasteiger partial charge on any atom is -0.292 e. The van der Waals surface area contributed by atoms with Crippen LogP contribution in [0.4, 0.5) is 0 Å². The number of fused-ring (bicyclic) bond motifs is 1. The van der Waals surface area contributed by atoms with Crippen molar-refractivity contribution in [2.75, 3.05) is 0 Å². The average Bonchev–Trinajstić information content (AvgIpc) is 2.78. The normalized spacial score (nSPS) is 11.3. The number of aromatic nitrogens is 2. The van der Waals surface area contributed by atoms with Gasteiger partial charge >= 0.3 is 5.69 Å². The van der Waals surface area contributed by atoms with Crippen LogP contribution in [-0.4, -0.2) is 9.13 Å². The van der Waals surface area contributed by atoms with E-state index in [0.29, 0.717) is 0 Å². The molecule has 0 aliphatic heterocycles. The molecule has 0 radical (unpaired) electrons. The Bertz CT molecular complexity index is 609. The second kappa shape index (κ2) is 8.06. The quantitative estimate of drug-likeness (QED) is 0.621. The van der Waals surface area contributed by atoms with Gasteiger partial charge in [0.1, 0.15) is 0 Å². The lowest BCUT2D eigenvalue weighted by atomic mass is 10.1. The van der Waals surface area contributed by atoms with E-state index in [0.717, 1.165) is 30.5 Å². The summed E-state index contributed by atoms with van der Waals surface area (Å²) in [5.74, 6) is 0. The summed E-state index contributed by atoms with van der Waals surface area (Å²) in [4.78, 5) is 12.5. The van der Waals surface area contributed by atoms with Crippen molar-refractivity contribution >= 4 is 11.0 Å². The van der Waals surface area contributed by atoms with Crippen LogP contribution in [0.2, 0.25) is 0 Å². The van der Waals surface area contributed by atoms with Crippen LogP contribution >= 0.6 is 0 Å². The molecule has 1 aromatic carbocycles. The molecule has 0 saturated carbocycles. The summed E-state index contributed by atoms with van der Waals surface area (Å²) in [5.41, 5.74) is 2.29. The highest BCUT2D eigenvalue weighted by Crippen LogP contribution is 2.14. The fraction of sp³-hybridized carbons (Fsp3) is 0.611. The van der Waals surface area contributed by atoms with Gasteiger partial charge in [-0.05, 0) is 25.5 Å². The SMILES string of the molecule is CCCCCCCCCn1c(=O)n(CC)c2ccccc21. The molecule has 2 rings (SSSR count). The van der Waals surface area contributed by atoms with E-state index < -0.39 is 0 Å². The van der Waals surface area contributed by atoms with Crippen molar-refractivity contribution in [1.29, 1.82) is 0 Å². The first-order chi connectivity index (χ1) is 10.3. The average molecular weight is 288 g/mol. The van der Waals surface area contributed by atoms with Gasteiger partial charge in [0.25, 0.3) is 0 Å². The Morgan fingerprint density at radius 1 is 0.810 bits per heavy atom. The predicted octanol–water partition coefficient (Wildman–Crippen LogP) is 4.57. The van der Waals surface area contributed by atoms with Crippen molar-refractivity contribution in [2.45, 2.75) is 71.9 Å². The number of aryl methyl sites for hydroxylation is 2. The number of rotatable bonds is 9. The molecule has 3 heteroatoms. The minimum absolute atomic E-state index is 0.143. The smallest absolute Gasteiger partial charge is 0.292 e. The van der Waals surface area contributed by atoms with Crippen LogP contribution < -0.4 is 5.69 Å². The van der Waals surface area contributed by atoms with E-state index in [4.69, 9.17) is 0 Å². The molecule has 2 aromatic rings. The maximum atomic E-state index is 12.5. The van der Waals surface area contributed by atoms with E-state index in [1.807, 2.05) is 34.3 Å². The Labute approximate surface area is 127 Å². The molecule has 3 nitrogen and oxygen atoms in total. The van der Waals surface area contributed by atoms with E-state index in [9.17, 15) is 4.79 Å². The van der Waals surface area contributed by atoms with E-state index in [1.165, 1.54) is 38.5 Å². The Kier molecular flexibility index (Phi) is 6.09. The Balaban J connectivity index is 1.96. The van der Waals surface area contributed by atoms with Gasteiger partial charge in [0.05, 0.1) is 11.0 Å². The predicted molar refractivity (Wildman–Crippen MR) is 89.9 cm³/mol. The molecule has 0 aliphatic rings. The molecule has 1 heterocycles. The topological polar surface area (TPSA) is 26.9 Å². The van der Waals surface area contributed by atoms with Crippen molar-refractivity contribution in [3.05, 3.63) is 34.7 Å². The molecule has 0 fully saturated rings. The fourth-order valence-corrected chi connectivity index (χ4v) is 3.02. The lowest BCUT2D eigenvalue weighted by Crippen LogP contribution is -2.23. The number of nitrogens with zero attached hydrogens (tertiary/aromatic N) is 2. The lowest BCUT2D eigenvalue weighted by Gasteiger charge is -2.03. The molecule has 1 aromatic heterocycles. The van der Waals surface area contributed by atoms with Gasteiger partial charge in [-0.3, -0.25) is 9.13 Å². The number of imidazole rings is 1. The molecule has 0 atom stereocenters. The van der Waals surface area contributed by atoms with Crippen molar-refractivity contribution in [3.63, 3.8) is 0 Å². The van der Waals surface area contributed by atoms with Gasteiger partial charge < -0.3 is 0 Å². The molecule has 116 valence electrons. The molecule has 0 bridgehead atoms. The number of benzene rings is 1. The summed E-state index contributed by atoms with van der Waals surface area (Å²) in [5, 5.41) is 0. The van der Waals surface area contributed by atoms with Gasteiger partial charge in [0.2, 0.25) is 0 Å². The van der Waals surface area contributed by atoms with Crippen LogP contribution in [0, 0.1) is 0 Å². The van der Waals surface area contributed by atoms with Gasteiger partial charge in [-0.25, -0.2) is 4.79 Å². The highest BCUT2D eigenvalue weighted by molar-refractivity contribution is 5.75. The van der Waals surface area contributed by atoms with Crippen LogP contribution in [0.3, 0.4) is 0 Å². The molecule has 0 unspecified atom stereocenters. The number of para-hydroxylation sites is 2. The molecule has 21 heavy (non-hydrogen) atoms. The first-order valence-corrected chi connectivity index (χ1v) is 8.47. The molecular weight excluding hydrogens is 260 g/mol. The largest absolute Gasteiger partial charge is 0.329 e. The number of unbranched alkanes of at least 4 members (excludes halogenated alkanes) is 6. The number of hydrogen-bond donors (Lipinski definition) is 0. The lowest BCUT2D eigenvalue weighted by molar-refractivity contribution is 0.542. The fourth-order valence-electron chi connectivity index (χ4n) is 3.02. The van der Waals surface area contributed by atoms with E-state index in [2.05, 4.69) is 13.0 Å². The Morgan fingerprint density at radius 3 is 2.00 bits per heavy atom. The zero-order chi connectivity index (χ0) is 15.1. The molecule has 0 spiro atoms. The third kappa shape index (κ3) is 3.78. The van der Waals surface area contributed by atoms with Gasteiger partial charge in [0, 0.05) is 13.1 Å². The first-order valence-electron chi connectivity index (χ1n) is 8.47. The summed E-state index contributed by atoms with van der Waals surface area (Å²) in [6.45, 7) is 5.87. The Morgan fingerprint density at radius 2 is 1.38 bits per heavy atom. The second-order valence-corrected chi connectivity index (χ2v) is 5.79. The monoisotopic (exact) mass is 288 g/mol. The standard InChI is InChI=1S/C18H28N2O/c1-3-5-6-7-8-9-12-15-20-17-14-11-10-13-16(17)19(4-2)18(20)21/h10-11,13-14H,3-9,12,15H2,1-2H3. The zero-order valence-electron chi connectivity index (χ0n) is 13.5. The minimum atomic E-state index is 0.143. The molecule has 0 N–H and O–H groups in total. The van der Waals surface area contributed by atoms with Crippen LogP contribution in [0.5, 0.6) is 0 Å². The molecule has 0 aliphatic carbocycles. The summed E-state index contributed by atoms with van der Waals surface area (Å²) in [6, 6.07) is 8.13. The van der Waals surface area contributed by atoms with E-state index in [-0.39, 0.29) is 5.69 Å². The third-order valence-corrected chi connectivity index (χ3v) is 4.23. The summed E-state index contributed by atoms with van der Waals surface area (Å²) >= 11 is 0. The van der Waals surface area contributed by atoms with Crippen LogP contribution in [0.1, 0.15) is 58.8 Å². The van der Waals surface area contributed by atoms with Gasteiger partial charge in [-0.2, -0.15) is 0 Å². The van der Waals surface area contributed by atoms with E-state index in [1.54, 1.807) is 0 Å². The maximum Gasteiger partial charge on any atom is 0.329 e. The second-order valence-electron chi connectivity index (χ2n) is 5.79. The molecule has 0 amide bonds. The first kappa shape index (κ1) is 15.9. The van der Waals surface area contributed by atoms with Crippen LogP contribution in [0.15, 0.2) is 29.1 Å². The highest BCUT2D eigenvalue weighted by Gasteiger charge is 2.10. The van der Waals surface area contributed by atoms with Gasteiger partial charge in [-0.15, -0.1) is 0 Å². The van der Waals surface area contributed by atoms with Crippen LogP contribution in [-0.2, 0) is 13.1 Å². The van der Waals surface area contributed by atoms with Gasteiger partial charge in [0.15, 0.2) is 0 Å².